The lowest BCUT2D eigenvalue weighted by atomic mass is 9.84. The lowest BCUT2D eigenvalue weighted by Gasteiger charge is -2.31. The molecule has 0 bridgehead atoms. The SMILES string of the molecule is FC1(CS)CCC1. The van der Waals surface area contributed by atoms with E-state index in [1.165, 1.54) is 0 Å². The van der Waals surface area contributed by atoms with Crippen molar-refractivity contribution < 1.29 is 4.39 Å². The highest BCUT2D eigenvalue weighted by atomic mass is 32.1. The summed E-state index contributed by atoms with van der Waals surface area (Å²) in [6.45, 7) is 0. The van der Waals surface area contributed by atoms with Gasteiger partial charge in [0.05, 0.1) is 0 Å². The third kappa shape index (κ3) is 0.904. The zero-order valence-corrected chi connectivity index (χ0v) is 5.05. The minimum atomic E-state index is -0.872. The predicted octanol–water partition coefficient (Wildman–Crippen LogP) is 1.81. The second-order valence-corrected chi connectivity index (χ2v) is 2.48. The summed E-state index contributed by atoms with van der Waals surface area (Å²) in [6, 6.07) is 0. The third-order valence-electron chi connectivity index (χ3n) is 1.53. The van der Waals surface area contributed by atoms with Crippen LogP contribution in [-0.4, -0.2) is 11.4 Å². The van der Waals surface area contributed by atoms with E-state index in [9.17, 15) is 4.39 Å². The lowest BCUT2D eigenvalue weighted by Crippen LogP contribution is -2.33. The second kappa shape index (κ2) is 1.66. The summed E-state index contributed by atoms with van der Waals surface area (Å²) in [5.74, 6) is 0.410. The van der Waals surface area contributed by atoms with E-state index >= 15 is 0 Å². The van der Waals surface area contributed by atoms with Gasteiger partial charge >= 0.3 is 0 Å². The molecule has 0 aromatic heterocycles. The Bertz CT molecular complexity index is 63.0. The molecule has 42 valence electrons. The molecule has 0 saturated heterocycles. The summed E-state index contributed by atoms with van der Waals surface area (Å²) >= 11 is 3.86. The molecule has 0 aromatic rings. The smallest absolute Gasteiger partial charge is 0.119 e. The molecule has 1 saturated carbocycles. The molecule has 0 aromatic carbocycles. The van der Waals surface area contributed by atoms with Crippen molar-refractivity contribution in [2.45, 2.75) is 24.9 Å². The molecular formula is C5H9FS. The third-order valence-corrected chi connectivity index (χ3v) is 2.10. The Labute approximate surface area is 48.5 Å². The van der Waals surface area contributed by atoms with Crippen molar-refractivity contribution in [2.24, 2.45) is 0 Å². The van der Waals surface area contributed by atoms with Crippen molar-refractivity contribution >= 4 is 12.6 Å². The highest BCUT2D eigenvalue weighted by Gasteiger charge is 2.34. The van der Waals surface area contributed by atoms with Gasteiger partial charge in [-0.25, -0.2) is 4.39 Å². The number of halogens is 1. The van der Waals surface area contributed by atoms with E-state index in [2.05, 4.69) is 12.6 Å². The van der Waals surface area contributed by atoms with Crippen LogP contribution in [0.25, 0.3) is 0 Å². The van der Waals surface area contributed by atoms with Gasteiger partial charge in [-0.05, 0) is 19.3 Å². The van der Waals surface area contributed by atoms with Crippen molar-refractivity contribution in [3.8, 4) is 0 Å². The first kappa shape index (κ1) is 5.42. The van der Waals surface area contributed by atoms with Crippen LogP contribution in [0.3, 0.4) is 0 Å². The number of rotatable bonds is 1. The average molecular weight is 120 g/mol. The molecule has 0 N–H and O–H groups in total. The van der Waals surface area contributed by atoms with Gasteiger partial charge in [0.1, 0.15) is 5.67 Å². The van der Waals surface area contributed by atoms with Crippen LogP contribution < -0.4 is 0 Å². The quantitative estimate of drug-likeness (QED) is 0.501. The first-order chi connectivity index (χ1) is 3.27. The van der Waals surface area contributed by atoms with E-state index in [1.807, 2.05) is 0 Å². The Hall–Kier alpha value is 0.280. The van der Waals surface area contributed by atoms with Crippen LogP contribution in [0.4, 0.5) is 4.39 Å². The van der Waals surface area contributed by atoms with E-state index in [0.717, 1.165) is 19.3 Å². The van der Waals surface area contributed by atoms with Crippen LogP contribution in [0.15, 0.2) is 0 Å². The fourth-order valence-electron chi connectivity index (χ4n) is 0.719. The topological polar surface area (TPSA) is 0 Å². The molecule has 2 heteroatoms. The van der Waals surface area contributed by atoms with Gasteiger partial charge < -0.3 is 0 Å². The van der Waals surface area contributed by atoms with Gasteiger partial charge in [-0.15, -0.1) is 0 Å². The van der Waals surface area contributed by atoms with Crippen LogP contribution in [0.1, 0.15) is 19.3 Å². The molecule has 0 heterocycles. The molecule has 1 aliphatic carbocycles. The Morgan fingerprint density at radius 3 is 2.14 bits per heavy atom. The first-order valence-electron chi connectivity index (χ1n) is 2.57. The van der Waals surface area contributed by atoms with Crippen molar-refractivity contribution in [1.29, 1.82) is 0 Å². The summed E-state index contributed by atoms with van der Waals surface area (Å²) in [6.07, 6.45) is 2.52. The minimum absolute atomic E-state index is 0.410. The predicted molar refractivity (Wildman–Crippen MR) is 31.5 cm³/mol. The second-order valence-electron chi connectivity index (χ2n) is 2.16. The zero-order valence-electron chi connectivity index (χ0n) is 4.15. The van der Waals surface area contributed by atoms with E-state index in [0.29, 0.717) is 5.75 Å². The molecule has 0 amide bonds. The lowest BCUT2D eigenvalue weighted by molar-refractivity contribution is 0.0917. The fourth-order valence-corrected chi connectivity index (χ4v) is 1.03. The van der Waals surface area contributed by atoms with Gasteiger partial charge in [0.2, 0.25) is 0 Å². The summed E-state index contributed by atoms with van der Waals surface area (Å²) < 4.78 is 12.6. The highest BCUT2D eigenvalue weighted by Crippen LogP contribution is 2.36. The Kier molecular flexibility index (Phi) is 1.28. The van der Waals surface area contributed by atoms with Crippen LogP contribution in [-0.2, 0) is 0 Å². The van der Waals surface area contributed by atoms with Crippen LogP contribution >= 0.6 is 12.6 Å². The van der Waals surface area contributed by atoms with E-state index in [-0.39, 0.29) is 0 Å². The molecule has 7 heavy (non-hydrogen) atoms. The normalized spacial score (nSPS) is 26.6. The standard InChI is InChI=1S/C5H9FS/c6-5(4-7)2-1-3-5/h7H,1-4H2. The molecule has 0 spiro atoms. The van der Waals surface area contributed by atoms with Crippen LogP contribution in [0.5, 0.6) is 0 Å². The fraction of sp³-hybridized carbons (Fsp3) is 1.00. The van der Waals surface area contributed by atoms with E-state index < -0.39 is 5.67 Å². The van der Waals surface area contributed by atoms with Crippen molar-refractivity contribution in [3.05, 3.63) is 0 Å². The van der Waals surface area contributed by atoms with Crippen LogP contribution in [0, 0.1) is 0 Å². The minimum Gasteiger partial charge on any atom is -0.243 e. The molecule has 1 rings (SSSR count). The summed E-state index contributed by atoms with van der Waals surface area (Å²) in [4.78, 5) is 0. The zero-order chi connectivity index (χ0) is 5.33. The summed E-state index contributed by atoms with van der Waals surface area (Å²) in [5.41, 5.74) is -0.872. The molecule has 0 atom stereocenters. The molecule has 0 nitrogen and oxygen atoms in total. The highest BCUT2D eigenvalue weighted by molar-refractivity contribution is 7.80. The maximum Gasteiger partial charge on any atom is 0.119 e. The molecule has 1 fully saturated rings. The monoisotopic (exact) mass is 120 g/mol. The first-order valence-corrected chi connectivity index (χ1v) is 3.20. The van der Waals surface area contributed by atoms with Gasteiger partial charge in [-0.3, -0.25) is 0 Å². The van der Waals surface area contributed by atoms with Crippen LogP contribution in [0.2, 0.25) is 0 Å². The summed E-state index contributed by atoms with van der Waals surface area (Å²) in [5, 5.41) is 0. The Balaban J connectivity index is 2.29. The number of hydrogen-bond acceptors (Lipinski definition) is 1. The van der Waals surface area contributed by atoms with Crippen molar-refractivity contribution in [2.75, 3.05) is 5.75 Å². The Morgan fingerprint density at radius 1 is 1.57 bits per heavy atom. The van der Waals surface area contributed by atoms with E-state index in [4.69, 9.17) is 0 Å². The van der Waals surface area contributed by atoms with Crippen molar-refractivity contribution in [3.63, 3.8) is 0 Å². The van der Waals surface area contributed by atoms with Gasteiger partial charge in [-0.1, -0.05) is 0 Å². The maximum atomic E-state index is 12.6. The Morgan fingerprint density at radius 2 is 2.14 bits per heavy atom. The average Bonchev–Trinajstić information content (AvgIpc) is 1.61. The van der Waals surface area contributed by atoms with Crippen molar-refractivity contribution in [1.82, 2.24) is 0 Å². The van der Waals surface area contributed by atoms with Gasteiger partial charge in [0.15, 0.2) is 0 Å². The van der Waals surface area contributed by atoms with Gasteiger partial charge in [-0.2, -0.15) is 12.6 Å². The molecule has 0 unspecified atom stereocenters. The molecule has 0 aliphatic heterocycles. The van der Waals surface area contributed by atoms with E-state index in [1.54, 1.807) is 0 Å². The van der Waals surface area contributed by atoms with Gasteiger partial charge in [0, 0.05) is 5.75 Å². The maximum absolute atomic E-state index is 12.6. The number of thiol groups is 1. The summed E-state index contributed by atoms with van der Waals surface area (Å²) in [7, 11) is 0. The number of alkyl halides is 1. The number of hydrogen-bond donors (Lipinski definition) is 1. The van der Waals surface area contributed by atoms with Gasteiger partial charge in [0.25, 0.3) is 0 Å². The molecule has 1 aliphatic rings. The molecular weight excluding hydrogens is 111 g/mol. The largest absolute Gasteiger partial charge is 0.243 e. The molecule has 0 radical (unpaired) electrons.